The molecular formula is C16H24N2S. The quantitative estimate of drug-likeness (QED) is 0.905. The molecule has 2 fully saturated rings. The molecule has 2 heterocycles. The number of benzene rings is 1. The smallest absolute Gasteiger partial charge is 0.0362 e. The fourth-order valence-corrected chi connectivity index (χ4v) is 4.26. The van der Waals surface area contributed by atoms with Crippen molar-refractivity contribution in [2.24, 2.45) is 0 Å². The van der Waals surface area contributed by atoms with Gasteiger partial charge in [-0.3, -0.25) is 4.90 Å². The van der Waals surface area contributed by atoms with Crippen LogP contribution in [0.4, 0.5) is 5.69 Å². The molecule has 3 rings (SSSR count). The van der Waals surface area contributed by atoms with Crippen LogP contribution in [0.25, 0.3) is 0 Å². The van der Waals surface area contributed by atoms with E-state index < -0.39 is 0 Å². The van der Waals surface area contributed by atoms with Crippen molar-refractivity contribution < 1.29 is 0 Å². The molecule has 1 aromatic carbocycles. The Morgan fingerprint density at radius 2 is 2.16 bits per heavy atom. The molecule has 2 nitrogen and oxygen atoms in total. The second-order valence-electron chi connectivity index (χ2n) is 5.90. The van der Waals surface area contributed by atoms with E-state index in [-0.39, 0.29) is 0 Å². The minimum absolute atomic E-state index is 0.655. The van der Waals surface area contributed by atoms with E-state index >= 15 is 0 Å². The van der Waals surface area contributed by atoms with E-state index in [9.17, 15) is 0 Å². The topological polar surface area (TPSA) is 15.3 Å². The van der Waals surface area contributed by atoms with E-state index in [1.807, 2.05) is 0 Å². The second kappa shape index (κ2) is 6.19. The number of anilines is 1. The molecule has 0 aromatic heterocycles. The van der Waals surface area contributed by atoms with Gasteiger partial charge in [0.1, 0.15) is 0 Å². The van der Waals surface area contributed by atoms with Crippen molar-refractivity contribution in [2.75, 3.05) is 24.2 Å². The minimum atomic E-state index is 0.655. The SMILES string of the molecule is CC1CC(Nc2cccc(CN3CCCC3)c2)CS1. The fourth-order valence-electron chi connectivity index (χ4n) is 3.11. The molecule has 2 atom stereocenters. The molecule has 0 bridgehead atoms. The first kappa shape index (κ1) is 13.3. The summed E-state index contributed by atoms with van der Waals surface area (Å²) >= 11 is 2.08. The van der Waals surface area contributed by atoms with Gasteiger partial charge < -0.3 is 5.32 Å². The molecule has 3 heteroatoms. The third-order valence-corrected chi connectivity index (χ3v) is 5.46. The number of hydrogen-bond donors (Lipinski definition) is 1. The summed E-state index contributed by atoms with van der Waals surface area (Å²) in [6.45, 7) is 5.99. The van der Waals surface area contributed by atoms with Crippen molar-refractivity contribution in [3.8, 4) is 0 Å². The summed E-state index contributed by atoms with van der Waals surface area (Å²) in [4.78, 5) is 2.56. The molecule has 0 spiro atoms. The Morgan fingerprint density at radius 1 is 1.32 bits per heavy atom. The fraction of sp³-hybridized carbons (Fsp3) is 0.625. The van der Waals surface area contributed by atoms with Gasteiger partial charge in [-0.15, -0.1) is 0 Å². The summed E-state index contributed by atoms with van der Waals surface area (Å²) in [6.07, 6.45) is 4.03. The van der Waals surface area contributed by atoms with Crippen molar-refractivity contribution in [1.82, 2.24) is 4.90 Å². The van der Waals surface area contributed by atoms with Crippen molar-refractivity contribution in [1.29, 1.82) is 0 Å². The summed E-state index contributed by atoms with van der Waals surface area (Å²) in [6, 6.07) is 9.66. The first-order valence-corrected chi connectivity index (χ1v) is 8.54. The summed E-state index contributed by atoms with van der Waals surface area (Å²) < 4.78 is 0. The van der Waals surface area contributed by atoms with Crippen LogP contribution in [0.5, 0.6) is 0 Å². The molecule has 2 saturated heterocycles. The Morgan fingerprint density at radius 3 is 2.89 bits per heavy atom. The minimum Gasteiger partial charge on any atom is -0.381 e. The molecule has 2 aliphatic rings. The van der Waals surface area contributed by atoms with Crippen LogP contribution in [0.15, 0.2) is 24.3 Å². The Balaban J connectivity index is 1.59. The Hall–Kier alpha value is -0.670. The van der Waals surface area contributed by atoms with E-state index in [1.54, 1.807) is 0 Å². The van der Waals surface area contributed by atoms with E-state index in [1.165, 1.54) is 49.4 Å². The lowest BCUT2D eigenvalue weighted by Crippen LogP contribution is -2.20. The number of nitrogens with zero attached hydrogens (tertiary/aromatic N) is 1. The molecular weight excluding hydrogens is 252 g/mol. The van der Waals surface area contributed by atoms with Gasteiger partial charge in [-0.05, 0) is 50.0 Å². The molecule has 19 heavy (non-hydrogen) atoms. The van der Waals surface area contributed by atoms with E-state index in [0.717, 1.165) is 11.8 Å². The molecule has 1 aromatic rings. The van der Waals surface area contributed by atoms with Gasteiger partial charge in [0.15, 0.2) is 0 Å². The van der Waals surface area contributed by atoms with Crippen LogP contribution in [0.2, 0.25) is 0 Å². The maximum atomic E-state index is 3.70. The average molecular weight is 276 g/mol. The van der Waals surface area contributed by atoms with E-state index in [2.05, 4.69) is 53.2 Å². The van der Waals surface area contributed by atoms with Crippen LogP contribution in [-0.2, 0) is 6.54 Å². The van der Waals surface area contributed by atoms with Gasteiger partial charge >= 0.3 is 0 Å². The zero-order chi connectivity index (χ0) is 13.1. The zero-order valence-electron chi connectivity index (χ0n) is 11.8. The first-order valence-electron chi connectivity index (χ1n) is 7.49. The van der Waals surface area contributed by atoms with Gasteiger partial charge in [-0.25, -0.2) is 0 Å². The number of likely N-dealkylation sites (tertiary alicyclic amines) is 1. The summed E-state index contributed by atoms with van der Waals surface area (Å²) in [5, 5.41) is 4.51. The van der Waals surface area contributed by atoms with Crippen LogP contribution >= 0.6 is 11.8 Å². The molecule has 0 aliphatic carbocycles. The molecule has 104 valence electrons. The summed E-state index contributed by atoms with van der Waals surface area (Å²) in [5.41, 5.74) is 2.75. The summed E-state index contributed by atoms with van der Waals surface area (Å²) in [7, 11) is 0. The molecule has 0 saturated carbocycles. The number of rotatable bonds is 4. The molecule has 0 radical (unpaired) electrons. The predicted octanol–water partition coefficient (Wildman–Crippen LogP) is 3.59. The first-order chi connectivity index (χ1) is 9.29. The highest BCUT2D eigenvalue weighted by molar-refractivity contribution is 8.00. The van der Waals surface area contributed by atoms with Crippen LogP contribution < -0.4 is 5.32 Å². The average Bonchev–Trinajstić information content (AvgIpc) is 3.02. The number of hydrogen-bond acceptors (Lipinski definition) is 3. The van der Waals surface area contributed by atoms with Crippen molar-refractivity contribution in [2.45, 2.75) is 44.0 Å². The molecule has 2 aliphatic heterocycles. The normalized spacial score (nSPS) is 27.8. The van der Waals surface area contributed by atoms with Crippen LogP contribution in [0.3, 0.4) is 0 Å². The lowest BCUT2D eigenvalue weighted by Gasteiger charge is -2.17. The van der Waals surface area contributed by atoms with Gasteiger partial charge in [-0.2, -0.15) is 11.8 Å². The summed E-state index contributed by atoms with van der Waals surface area (Å²) in [5.74, 6) is 1.25. The predicted molar refractivity (Wildman–Crippen MR) is 84.9 cm³/mol. The van der Waals surface area contributed by atoms with Crippen LogP contribution in [0, 0.1) is 0 Å². The van der Waals surface area contributed by atoms with E-state index in [0.29, 0.717) is 6.04 Å². The highest BCUT2D eigenvalue weighted by atomic mass is 32.2. The third-order valence-electron chi connectivity index (χ3n) is 4.10. The zero-order valence-corrected chi connectivity index (χ0v) is 12.6. The molecule has 2 unspecified atom stereocenters. The number of nitrogens with one attached hydrogen (secondary N) is 1. The van der Waals surface area contributed by atoms with Crippen LogP contribution in [0.1, 0.15) is 31.7 Å². The highest BCUT2D eigenvalue weighted by Gasteiger charge is 2.21. The largest absolute Gasteiger partial charge is 0.381 e. The second-order valence-corrected chi connectivity index (χ2v) is 7.38. The maximum absolute atomic E-state index is 3.70. The van der Waals surface area contributed by atoms with Crippen molar-refractivity contribution in [3.05, 3.63) is 29.8 Å². The van der Waals surface area contributed by atoms with Gasteiger partial charge in [0.2, 0.25) is 0 Å². The van der Waals surface area contributed by atoms with Gasteiger partial charge in [0, 0.05) is 29.3 Å². The van der Waals surface area contributed by atoms with Gasteiger partial charge in [-0.1, -0.05) is 19.1 Å². The maximum Gasteiger partial charge on any atom is 0.0362 e. The molecule has 1 N–H and O–H groups in total. The lowest BCUT2D eigenvalue weighted by molar-refractivity contribution is 0.331. The Kier molecular flexibility index (Phi) is 4.34. The third kappa shape index (κ3) is 3.67. The van der Waals surface area contributed by atoms with Gasteiger partial charge in [0.25, 0.3) is 0 Å². The number of thioether (sulfide) groups is 1. The van der Waals surface area contributed by atoms with Crippen LogP contribution in [-0.4, -0.2) is 35.0 Å². The Labute approximate surface area is 121 Å². The van der Waals surface area contributed by atoms with Crippen molar-refractivity contribution >= 4 is 17.4 Å². The van der Waals surface area contributed by atoms with Crippen molar-refractivity contribution in [3.63, 3.8) is 0 Å². The van der Waals surface area contributed by atoms with Gasteiger partial charge in [0.05, 0.1) is 0 Å². The highest BCUT2D eigenvalue weighted by Crippen LogP contribution is 2.28. The lowest BCUT2D eigenvalue weighted by atomic mass is 10.1. The molecule has 0 amide bonds. The monoisotopic (exact) mass is 276 g/mol. The Bertz CT molecular complexity index is 415. The standard InChI is InChI=1S/C16H24N2S/c1-13-9-16(12-19-13)17-15-6-4-5-14(10-15)11-18-7-2-3-8-18/h4-6,10,13,16-17H,2-3,7-9,11-12H2,1H3. The van der Waals surface area contributed by atoms with E-state index in [4.69, 9.17) is 0 Å².